The average molecular weight is 399 g/mol. The molecule has 1 aliphatic carbocycles. The van der Waals surface area contributed by atoms with E-state index in [2.05, 4.69) is 13.8 Å². The molecular weight excluding hydrogens is 367 g/mol. The second kappa shape index (κ2) is 8.44. The van der Waals surface area contributed by atoms with Gasteiger partial charge in [0.2, 0.25) is 0 Å². The largest absolute Gasteiger partial charge is 0.497 e. The zero-order valence-electron chi connectivity index (χ0n) is 17.6. The zero-order chi connectivity index (χ0) is 21.1. The van der Waals surface area contributed by atoms with E-state index in [0.717, 1.165) is 42.6 Å². The van der Waals surface area contributed by atoms with Gasteiger partial charge in [-0.1, -0.05) is 38.1 Å². The molecule has 2 aromatic rings. The van der Waals surface area contributed by atoms with Crippen LogP contribution in [0.3, 0.4) is 0 Å². The summed E-state index contributed by atoms with van der Waals surface area (Å²) in [6.45, 7) is 5.54. The number of rotatable bonds is 6. The molecule has 0 saturated heterocycles. The van der Waals surface area contributed by atoms with Gasteiger partial charge in [0.15, 0.2) is 0 Å². The van der Waals surface area contributed by atoms with Gasteiger partial charge in [-0.25, -0.2) is 9.18 Å². The number of amides is 2. The van der Waals surface area contributed by atoms with Crippen molar-refractivity contribution < 1.29 is 13.9 Å². The third-order valence-corrected chi connectivity index (χ3v) is 6.50. The van der Waals surface area contributed by atoms with Crippen LogP contribution in [-0.2, 0) is 12.0 Å². The lowest BCUT2D eigenvalue weighted by Crippen LogP contribution is -2.45. The molecule has 0 unspecified atom stereocenters. The van der Waals surface area contributed by atoms with E-state index in [-0.39, 0.29) is 16.6 Å². The van der Waals surface area contributed by atoms with E-state index in [9.17, 15) is 9.18 Å². The summed E-state index contributed by atoms with van der Waals surface area (Å²) in [6.07, 6.45) is 3.85. The highest BCUT2D eigenvalue weighted by Gasteiger charge is 2.39. The lowest BCUT2D eigenvalue weighted by atomic mass is 9.62. The standard InChI is InChI=1S/C24H31FN2O2/c1-23(11-13-24(2,14-12-23)19-5-4-6-20(25)15-19)17-27(22(26)28)16-18-7-9-21(29-3)10-8-18/h4-10,15H,11-14,16-17H2,1-3H3,(H2,26,28). The minimum Gasteiger partial charge on any atom is -0.497 e. The molecule has 0 aliphatic heterocycles. The summed E-state index contributed by atoms with van der Waals surface area (Å²) in [4.78, 5) is 13.8. The van der Waals surface area contributed by atoms with Gasteiger partial charge in [-0.05, 0) is 71.9 Å². The quantitative estimate of drug-likeness (QED) is 0.722. The molecule has 2 N–H and O–H groups in total. The van der Waals surface area contributed by atoms with Gasteiger partial charge in [-0.3, -0.25) is 0 Å². The van der Waals surface area contributed by atoms with Gasteiger partial charge in [-0.15, -0.1) is 0 Å². The number of halogens is 1. The number of hydrogen-bond donors (Lipinski definition) is 1. The van der Waals surface area contributed by atoms with E-state index >= 15 is 0 Å². The van der Waals surface area contributed by atoms with Crippen molar-refractivity contribution in [3.8, 4) is 5.75 Å². The molecule has 3 rings (SSSR count). The van der Waals surface area contributed by atoms with E-state index in [4.69, 9.17) is 10.5 Å². The van der Waals surface area contributed by atoms with E-state index in [0.29, 0.717) is 13.1 Å². The Morgan fingerprint density at radius 2 is 1.76 bits per heavy atom. The van der Waals surface area contributed by atoms with Crippen molar-refractivity contribution >= 4 is 6.03 Å². The predicted octanol–water partition coefficient (Wildman–Crippen LogP) is 5.25. The van der Waals surface area contributed by atoms with Gasteiger partial charge in [0.25, 0.3) is 0 Å². The molecule has 2 aromatic carbocycles. The van der Waals surface area contributed by atoms with Crippen LogP contribution in [0.5, 0.6) is 5.75 Å². The molecule has 5 heteroatoms. The van der Waals surface area contributed by atoms with Crippen LogP contribution in [0.2, 0.25) is 0 Å². The first-order chi connectivity index (χ1) is 13.7. The fraction of sp³-hybridized carbons (Fsp3) is 0.458. The minimum atomic E-state index is -0.402. The Balaban J connectivity index is 1.66. The molecular formula is C24H31FN2O2. The summed E-state index contributed by atoms with van der Waals surface area (Å²) in [7, 11) is 1.63. The molecule has 0 bridgehead atoms. The number of nitrogens with zero attached hydrogens (tertiary/aromatic N) is 1. The van der Waals surface area contributed by atoms with Crippen LogP contribution < -0.4 is 10.5 Å². The summed E-state index contributed by atoms with van der Waals surface area (Å²) in [5.74, 6) is 0.603. The number of hydrogen-bond acceptors (Lipinski definition) is 2. The van der Waals surface area contributed by atoms with Crippen molar-refractivity contribution in [2.75, 3.05) is 13.7 Å². The first kappa shape index (κ1) is 21.2. The maximum absolute atomic E-state index is 13.7. The van der Waals surface area contributed by atoms with Crippen molar-refractivity contribution in [3.63, 3.8) is 0 Å². The maximum Gasteiger partial charge on any atom is 0.315 e. The normalized spacial score (nSPS) is 24.1. The molecule has 1 fully saturated rings. The van der Waals surface area contributed by atoms with Gasteiger partial charge < -0.3 is 15.4 Å². The van der Waals surface area contributed by atoms with Crippen molar-refractivity contribution in [1.29, 1.82) is 0 Å². The van der Waals surface area contributed by atoms with Gasteiger partial charge >= 0.3 is 6.03 Å². The van der Waals surface area contributed by atoms with Gasteiger partial charge in [-0.2, -0.15) is 0 Å². The van der Waals surface area contributed by atoms with Gasteiger partial charge in [0.05, 0.1) is 7.11 Å². The van der Waals surface area contributed by atoms with Crippen LogP contribution in [-0.4, -0.2) is 24.6 Å². The first-order valence-corrected chi connectivity index (χ1v) is 10.2. The minimum absolute atomic E-state index is 0.00562. The number of benzene rings is 2. The Labute approximate surface area is 172 Å². The Morgan fingerprint density at radius 1 is 1.10 bits per heavy atom. The smallest absolute Gasteiger partial charge is 0.315 e. The number of methoxy groups -OCH3 is 1. The lowest BCUT2D eigenvalue weighted by Gasteiger charge is -2.45. The highest BCUT2D eigenvalue weighted by atomic mass is 19.1. The first-order valence-electron chi connectivity index (χ1n) is 10.2. The van der Waals surface area contributed by atoms with Gasteiger partial charge in [0.1, 0.15) is 11.6 Å². The summed E-state index contributed by atoms with van der Waals surface area (Å²) in [5, 5.41) is 0. The van der Waals surface area contributed by atoms with Crippen LogP contribution in [0.25, 0.3) is 0 Å². The molecule has 29 heavy (non-hydrogen) atoms. The van der Waals surface area contributed by atoms with Crippen LogP contribution in [0.15, 0.2) is 48.5 Å². The van der Waals surface area contributed by atoms with Crippen molar-refractivity contribution in [1.82, 2.24) is 4.90 Å². The number of carbonyl (C=O) groups is 1. The molecule has 0 atom stereocenters. The molecule has 0 aromatic heterocycles. The van der Waals surface area contributed by atoms with Crippen LogP contribution in [0.4, 0.5) is 9.18 Å². The fourth-order valence-electron chi connectivity index (χ4n) is 4.34. The van der Waals surface area contributed by atoms with E-state index in [1.807, 2.05) is 30.3 Å². The highest BCUT2D eigenvalue weighted by molar-refractivity contribution is 5.72. The third-order valence-electron chi connectivity index (χ3n) is 6.50. The Hall–Kier alpha value is -2.56. The zero-order valence-corrected chi connectivity index (χ0v) is 17.6. The van der Waals surface area contributed by atoms with Crippen LogP contribution in [0.1, 0.15) is 50.7 Å². The molecule has 0 radical (unpaired) electrons. The molecule has 0 heterocycles. The molecule has 156 valence electrons. The third kappa shape index (κ3) is 5.08. The Bertz CT molecular complexity index is 842. The summed E-state index contributed by atoms with van der Waals surface area (Å²) >= 11 is 0. The number of nitrogens with two attached hydrogens (primary N) is 1. The summed E-state index contributed by atoms with van der Waals surface area (Å²) in [6, 6.07) is 14.2. The van der Waals surface area contributed by atoms with Crippen LogP contribution >= 0.6 is 0 Å². The van der Waals surface area contributed by atoms with E-state index in [1.54, 1.807) is 24.1 Å². The lowest BCUT2D eigenvalue weighted by molar-refractivity contribution is 0.103. The van der Waals surface area contributed by atoms with Crippen LogP contribution in [0, 0.1) is 11.2 Å². The Kier molecular flexibility index (Phi) is 6.15. The molecule has 0 spiro atoms. The second-order valence-electron chi connectivity index (χ2n) is 8.92. The number of ether oxygens (including phenoxy) is 1. The second-order valence-corrected chi connectivity index (χ2v) is 8.92. The maximum atomic E-state index is 13.7. The summed E-state index contributed by atoms with van der Waals surface area (Å²) in [5.41, 5.74) is 7.74. The SMILES string of the molecule is COc1ccc(CN(CC2(C)CCC(C)(c3cccc(F)c3)CC2)C(N)=O)cc1. The molecule has 1 saturated carbocycles. The number of carbonyl (C=O) groups excluding carboxylic acids is 1. The number of primary amides is 1. The molecule has 1 aliphatic rings. The number of urea groups is 1. The topological polar surface area (TPSA) is 55.6 Å². The molecule has 4 nitrogen and oxygen atoms in total. The van der Waals surface area contributed by atoms with E-state index in [1.165, 1.54) is 6.07 Å². The van der Waals surface area contributed by atoms with Crippen molar-refractivity contribution in [2.24, 2.45) is 11.1 Å². The summed E-state index contributed by atoms with van der Waals surface area (Å²) < 4.78 is 18.9. The van der Waals surface area contributed by atoms with Crippen molar-refractivity contribution in [2.45, 2.75) is 51.5 Å². The monoisotopic (exact) mass is 398 g/mol. The highest BCUT2D eigenvalue weighted by Crippen LogP contribution is 2.47. The predicted molar refractivity (Wildman–Crippen MR) is 113 cm³/mol. The molecule has 2 amide bonds. The van der Waals surface area contributed by atoms with Crippen molar-refractivity contribution in [3.05, 3.63) is 65.5 Å². The average Bonchev–Trinajstić information content (AvgIpc) is 2.71. The Morgan fingerprint density at radius 3 is 2.31 bits per heavy atom. The van der Waals surface area contributed by atoms with E-state index < -0.39 is 6.03 Å². The van der Waals surface area contributed by atoms with Gasteiger partial charge in [0, 0.05) is 13.1 Å². The fourth-order valence-corrected chi connectivity index (χ4v) is 4.34.